The molecule has 0 spiro atoms. The quantitative estimate of drug-likeness (QED) is 0.110. The Hall–Kier alpha value is -8.96. The smallest absolute Gasteiger partial charge is 0.179 e. The predicted octanol–water partition coefficient (Wildman–Crippen LogP) is 14.5. The summed E-state index contributed by atoms with van der Waals surface area (Å²) in [4.78, 5) is 0. The van der Waals surface area contributed by atoms with E-state index in [1.165, 1.54) is 75.5 Å². The minimum atomic E-state index is -2.77. The van der Waals surface area contributed by atoms with Crippen LogP contribution >= 0.6 is 0 Å². The highest BCUT2D eigenvalue weighted by Crippen LogP contribution is 2.41. The zero-order chi connectivity index (χ0) is 46.2. The SMILES string of the molecule is c1ccc(-c2cccc3oc4ccc(-c5ccc6c(c5)c5cc(-n7c8ccccc8c8cc([Si](c9ccccc9)(c9ccccc9)c9ccccc9)ccc87)ccc5n6-c5ccccc5)cc4c23)cc1. The number of rotatable bonds is 8. The first-order chi connectivity index (χ1) is 34.7. The fraction of sp³-hybridized carbons (Fsp3) is 0. The largest absolute Gasteiger partial charge is 0.456 e. The summed E-state index contributed by atoms with van der Waals surface area (Å²) in [6, 6.07) is 98.3. The van der Waals surface area contributed by atoms with E-state index < -0.39 is 8.07 Å². The first-order valence-electron chi connectivity index (χ1n) is 24.1. The van der Waals surface area contributed by atoms with Gasteiger partial charge in [-0.05, 0) is 116 Å². The second kappa shape index (κ2) is 16.1. The van der Waals surface area contributed by atoms with Crippen LogP contribution < -0.4 is 20.7 Å². The highest BCUT2D eigenvalue weighted by Gasteiger charge is 2.41. The first kappa shape index (κ1) is 40.1. The molecule has 0 saturated heterocycles. The molecule has 3 aromatic heterocycles. The molecule has 0 aliphatic carbocycles. The minimum absolute atomic E-state index is 0.889. The Morgan fingerprint density at radius 2 is 0.771 bits per heavy atom. The maximum Gasteiger partial charge on any atom is 0.179 e. The molecular formula is C66H44N2OSi. The molecule has 328 valence electrons. The van der Waals surface area contributed by atoms with Crippen molar-refractivity contribution in [3.63, 3.8) is 0 Å². The molecule has 0 atom stereocenters. The van der Waals surface area contributed by atoms with E-state index >= 15 is 0 Å². The molecule has 0 amide bonds. The third-order valence-electron chi connectivity index (χ3n) is 14.7. The molecular weight excluding hydrogens is 865 g/mol. The fourth-order valence-corrected chi connectivity index (χ4v) is 16.4. The third kappa shape index (κ3) is 6.13. The summed E-state index contributed by atoms with van der Waals surface area (Å²) in [6.07, 6.45) is 0. The lowest BCUT2D eigenvalue weighted by Gasteiger charge is -2.34. The Balaban J connectivity index is 0.981. The van der Waals surface area contributed by atoms with Crippen molar-refractivity contribution in [1.82, 2.24) is 9.13 Å². The van der Waals surface area contributed by atoms with Crippen LogP contribution in [0, 0.1) is 0 Å². The minimum Gasteiger partial charge on any atom is -0.456 e. The van der Waals surface area contributed by atoms with Crippen LogP contribution in [0.1, 0.15) is 0 Å². The molecule has 14 rings (SSSR count). The average molecular weight is 909 g/mol. The fourth-order valence-electron chi connectivity index (χ4n) is 11.6. The van der Waals surface area contributed by atoms with Gasteiger partial charge in [0.25, 0.3) is 0 Å². The Kier molecular flexibility index (Phi) is 9.23. The van der Waals surface area contributed by atoms with Gasteiger partial charge >= 0.3 is 0 Å². The van der Waals surface area contributed by atoms with Gasteiger partial charge in [0.2, 0.25) is 0 Å². The van der Waals surface area contributed by atoms with Crippen LogP contribution in [0.4, 0.5) is 0 Å². The molecule has 11 aromatic carbocycles. The summed E-state index contributed by atoms with van der Waals surface area (Å²) in [7, 11) is -2.77. The molecule has 14 aromatic rings. The molecule has 0 unspecified atom stereocenters. The summed E-state index contributed by atoms with van der Waals surface area (Å²) in [5.41, 5.74) is 13.4. The van der Waals surface area contributed by atoms with Gasteiger partial charge < -0.3 is 13.6 Å². The molecule has 70 heavy (non-hydrogen) atoms. The lowest BCUT2D eigenvalue weighted by Crippen LogP contribution is -2.74. The van der Waals surface area contributed by atoms with Gasteiger partial charge in [-0.1, -0.05) is 194 Å². The van der Waals surface area contributed by atoms with Gasteiger partial charge in [-0.15, -0.1) is 0 Å². The van der Waals surface area contributed by atoms with E-state index in [1.54, 1.807) is 0 Å². The number of furan rings is 1. The zero-order valence-corrected chi connectivity index (χ0v) is 39.2. The van der Waals surface area contributed by atoms with Crippen LogP contribution in [-0.2, 0) is 0 Å². The van der Waals surface area contributed by atoms with E-state index in [-0.39, 0.29) is 0 Å². The van der Waals surface area contributed by atoms with Crippen molar-refractivity contribution in [3.05, 3.63) is 267 Å². The maximum atomic E-state index is 6.48. The average Bonchev–Trinajstić information content (AvgIpc) is 4.09. The third-order valence-corrected chi connectivity index (χ3v) is 19.4. The number of hydrogen-bond acceptors (Lipinski definition) is 1. The monoisotopic (exact) mass is 908 g/mol. The van der Waals surface area contributed by atoms with Crippen LogP contribution in [0.3, 0.4) is 0 Å². The van der Waals surface area contributed by atoms with Gasteiger partial charge in [0.05, 0.1) is 22.1 Å². The van der Waals surface area contributed by atoms with Crippen LogP contribution in [0.5, 0.6) is 0 Å². The van der Waals surface area contributed by atoms with Crippen molar-refractivity contribution < 1.29 is 4.42 Å². The van der Waals surface area contributed by atoms with E-state index in [0.717, 1.165) is 44.4 Å². The number of benzene rings is 11. The number of para-hydroxylation sites is 2. The zero-order valence-electron chi connectivity index (χ0n) is 38.2. The molecule has 0 radical (unpaired) electrons. The number of nitrogens with zero attached hydrogens (tertiary/aromatic N) is 2. The Morgan fingerprint density at radius 1 is 0.271 bits per heavy atom. The molecule has 0 bridgehead atoms. The van der Waals surface area contributed by atoms with E-state index in [2.05, 4.69) is 276 Å². The standard InChI is InChI=1S/C66H44N2OSi/c1-6-19-45(20-7-1)54-30-18-32-65-66(54)59-42-47(34-40-64(59)69-65)46-33-37-61-56(41-46)57-43-49(35-38-62(57)67(61)48-21-8-2-9-22-48)68-60-31-17-16-29-55(60)58-44-53(36-39-63(58)68)70(50-23-10-3-11-24-50,51-25-12-4-13-26-51)52-27-14-5-15-28-52/h1-44H. The van der Waals surface area contributed by atoms with Gasteiger partial charge in [-0.25, -0.2) is 0 Å². The maximum absolute atomic E-state index is 6.48. The number of hydrogen-bond donors (Lipinski definition) is 0. The second-order valence-electron chi connectivity index (χ2n) is 18.4. The van der Waals surface area contributed by atoms with Crippen molar-refractivity contribution in [2.75, 3.05) is 0 Å². The molecule has 3 nitrogen and oxygen atoms in total. The lowest BCUT2D eigenvalue weighted by atomic mass is 9.97. The van der Waals surface area contributed by atoms with Gasteiger partial charge in [-0.2, -0.15) is 0 Å². The molecule has 3 heterocycles. The van der Waals surface area contributed by atoms with Gasteiger partial charge in [0.1, 0.15) is 11.2 Å². The summed E-state index contributed by atoms with van der Waals surface area (Å²) in [6.45, 7) is 0. The van der Waals surface area contributed by atoms with E-state index in [1.807, 2.05) is 0 Å². The molecule has 0 N–H and O–H groups in total. The summed E-state index contributed by atoms with van der Waals surface area (Å²) < 4.78 is 11.4. The molecule has 0 fully saturated rings. The van der Waals surface area contributed by atoms with E-state index in [4.69, 9.17) is 4.42 Å². The van der Waals surface area contributed by atoms with Gasteiger partial charge in [0, 0.05) is 43.7 Å². The first-order valence-corrected chi connectivity index (χ1v) is 26.1. The van der Waals surface area contributed by atoms with Crippen LogP contribution in [-0.4, -0.2) is 17.2 Å². The molecule has 0 saturated carbocycles. The van der Waals surface area contributed by atoms with Crippen molar-refractivity contribution in [1.29, 1.82) is 0 Å². The van der Waals surface area contributed by atoms with Crippen molar-refractivity contribution in [2.45, 2.75) is 0 Å². The Morgan fingerprint density at radius 3 is 1.44 bits per heavy atom. The van der Waals surface area contributed by atoms with Crippen LogP contribution in [0.2, 0.25) is 0 Å². The van der Waals surface area contributed by atoms with E-state index in [9.17, 15) is 0 Å². The van der Waals surface area contributed by atoms with Gasteiger partial charge in [-0.3, -0.25) is 0 Å². The summed E-state index contributed by atoms with van der Waals surface area (Å²) in [5.74, 6) is 0. The molecule has 4 heteroatoms. The summed E-state index contributed by atoms with van der Waals surface area (Å²) in [5, 5.41) is 12.6. The van der Waals surface area contributed by atoms with Crippen molar-refractivity contribution in [2.24, 2.45) is 0 Å². The Bertz CT molecular complexity index is 4170. The second-order valence-corrected chi connectivity index (χ2v) is 22.2. The van der Waals surface area contributed by atoms with Crippen LogP contribution in [0.25, 0.3) is 99.2 Å². The predicted molar refractivity (Wildman–Crippen MR) is 297 cm³/mol. The van der Waals surface area contributed by atoms with Gasteiger partial charge in [0.15, 0.2) is 8.07 Å². The number of aromatic nitrogens is 2. The lowest BCUT2D eigenvalue weighted by molar-refractivity contribution is 0.669. The number of fused-ring (bicyclic) bond motifs is 9. The highest BCUT2D eigenvalue weighted by atomic mass is 28.3. The topological polar surface area (TPSA) is 23.0 Å². The van der Waals surface area contributed by atoms with Crippen molar-refractivity contribution in [3.8, 4) is 33.6 Å². The normalized spacial score (nSPS) is 12.0. The van der Waals surface area contributed by atoms with E-state index in [0.29, 0.717) is 0 Å². The van der Waals surface area contributed by atoms with Crippen molar-refractivity contribution >= 4 is 94.4 Å². The summed E-state index contributed by atoms with van der Waals surface area (Å²) >= 11 is 0. The van der Waals surface area contributed by atoms with Crippen LogP contribution in [0.15, 0.2) is 271 Å². The highest BCUT2D eigenvalue weighted by molar-refractivity contribution is 7.20. The molecule has 0 aliphatic rings. The molecule has 0 aliphatic heterocycles. The Labute approximate surface area is 406 Å².